The average molecular weight is 350 g/mol. The number of nitrogens with one attached hydrogen (secondary N) is 1. The lowest BCUT2D eigenvalue weighted by atomic mass is 10.1. The number of hydrogen-bond donors (Lipinski definition) is 2. The fourth-order valence-corrected chi connectivity index (χ4v) is 2.26. The van der Waals surface area contributed by atoms with Crippen LogP contribution in [0.2, 0.25) is 5.02 Å². The van der Waals surface area contributed by atoms with Crippen LogP contribution in [0.5, 0.6) is 0 Å². The van der Waals surface area contributed by atoms with E-state index in [0.29, 0.717) is 26.5 Å². The molecule has 0 aromatic heterocycles. The number of hydrogen-bond acceptors (Lipinski definition) is 2. The highest BCUT2D eigenvalue weighted by Crippen LogP contribution is 2.26. The van der Waals surface area contributed by atoms with E-state index in [4.69, 9.17) is 29.6 Å². The zero-order valence-electron chi connectivity index (χ0n) is 9.87. The van der Waals surface area contributed by atoms with Crippen LogP contribution in [0.1, 0.15) is 30.1 Å². The molecule has 3 N–H and O–H groups in total. The Kier molecular flexibility index (Phi) is 6.05. The predicted octanol–water partition coefficient (Wildman–Crippen LogP) is 3.29. The largest absolute Gasteiger partial charge is 0.393 e. The smallest absolute Gasteiger partial charge is 0.253 e. The number of rotatable bonds is 5. The monoisotopic (exact) mass is 348 g/mol. The number of carbonyl (C=O) groups excluding carboxylic acids is 1. The summed E-state index contributed by atoms with van der Waals surface area (Å²) in [4.78, 5) is 12.5. The van der Waals surface area contributed by atoms with Crippen molar-refractivity contribution < 1.29 is 4.79 Å². The molecule has 0 aliphatic heterocycles. The minimum atomic E-state index is -0.218. The number of nitrogens with two attached hydrogens (primary N) is 1. The van der Waals surface area contributed by atoms with Gasteiger partial charge in [0.1, 0.15) is 0 Å². The van der Waals surface area contributed by atoms with E-state index >= 15 is 0 Å². The normalized spacial score (nSPS) is 11.9. The van der Waals surface area contributed by atoms with Gasteiger partial charge in [0, 0.05) is 16.9 Å². The van der Waals surface area contributed by atoms with Gasteiger partial charge < -0.3 is 11.1 Å². The third-order valence-electron chi connectivity index (χ3n) is 2.47. The molecule has 3 nitrogen and oxygen atoms in total. The van der Waals surface area contributed by atoms with Crippen LogP contribution in [0, 0.1) is 0 Å². The average Bonchev–Trinajstić information content (AvgIpc) is 2.31. The molecule has 1 atom stereocenters. The fourth-order valence-electron chi connectivity index (χ4n) is 1.48. The first-order valence-electron chi connectivity index (χ1n) is 5.48. The molecule has 1 amide bonds. The molecule has 0 saturated carbocycles. The molecule has 1 rings (SSSR count). The summed E-state index contributed by atoms with van der Waals surface area (Å²) in [6.07, 6.45) is 1.25. The van der Waals surface area contributed by atoms with Gasteiger partial charge in [0.2, 0.25) is 0 Å². The Hall–Kier alpha value is -0.650. The summed E-state index contributed by atoms with van der Waals surface area (Å²) in [5, 5.41) is 3.27. The first kappa shape index (κ1) is 15.4. The molecule has 0 fully saturated rings. The lowest BCUT2D eigenvalue weighted by molar-refractivity contribution is 0.0937. The van der Waals surface area contributed by atoms with Gasteiger partial charge in [-0.3, -0.25) is 4.79 Å². The van der Waals surface area contributed by atoms with Crippen LogP contribution in [0.15, 0.2) is 22.7 Å². The van der Waals surface area contributed by atoms with Crippen LogP contribution in [0.3, 0.4) is 0 Å². The van der Waals surface area contributed by atoms with Crippen LogP contribution in [0.25, 0.3) is 0 Å². The second kappa shape index (κ2) is 7.07. The van der Waals surface area contributed by atoms with E-state index in [1.165, 1.54) is 0 Å². The third-order valence-corrected chi connectivity index (χ3v) is 3.93. The Bertz CT molecular complexity index is 467. The van der Waals surface area contributed by atoms with Crippen molar-refractivity contribution in [1.29, 1.82) is 0 Å². The first-order valence-corrected chi connectivity index (χ1v) is 7.06. The molecule has 1 aromatic rings. The zero-order valence-corrected chi connectivity index (χ0v) is 13.0. The van der Waals surface area contributed by atoms with Crippen molar-refractivity contribution in [3.8, 4) is 0 Å². The lowest BCUT2D eigenvalue weighted by Crippen LogP contribution is -2.37. The summed E-state index contributed by atoms with van der Waals surface area (Å²) in [6, 6.07) is 5.16. The molecule has 0 aliphatic carbocycles. The van der Waals surface area contributed by atoms with Gasteiger partial charge in [0.25, 0.3) is 5.91 Å². The maximum absolute atomic E-state index is 12.1. The number of amides is 1. The van der Waals surface area contributed by atoms with E-state index in [0.717, 1.165) is 6.42 Å². The number of benzene rings is 1. The Morgan fingerprint density at radius 1 is 1.61 bits per heavy atom. The lowest BCUT2D eigenvalue weighted by Gasteiger charge is -2.16. The summed E-state index contributed by atoms with van der Waals surface area (Å²) < 4.78 is 0.694. The molecule has 98 valence electrons. The second-order valence-electron chi connectivity index (χ2n) is 3.85. The second-order valence-corrected chi connectivity index (χ2v) is 5.61. The molecule has 1 aromatic carbocycles. The quantitative estimate of drug-likeness (QED) is 0.802. The maximum Gasteiger partial charge on any atom is 0.253 e. The van der Waals surface area contributed by atoms with Crippen LogP contribution in [-0.2, 0) is 0 Å². The highest BCUT2D eigenvalue weighted by molar-refractivity contribution is 9.10. The number of carbonyl (C=O) groups is 1. The third kappa shape index (κ3) is 4.23. The Morgan fingerprint density at radius 3 is 2.83 bits per heavy atom. The highest BCUT2D eigenvalue weighted by atomic mass is 79.9. The molecule has 0 aliphatic rings. The minimum absolute atomic E-state index is 0.0648. The van der Waals surface area contributed by atoms with Gasteiger partial charge in [0.15, 0.2) is 0 Å². The van der Waals surface area contributed by atoms with Gasteiger partial charge in [-0.1, -0.05) is 36.8 Å². The van der Waals surface area contributed by atoms with Crippen LogP contribution in [0.4, 0.5) is 0 Å². The van der Waals surface area contributed by atoms with Crippen molar-refractivity contribution in [2.24, 2.45) is 5.73 Å². The molecule has 6 heteroatoms. The van der Waals surface area contributed by atoms with Crippen molar-refractivity contribution >= 4 is 50.6 Å². The maximum atomic E-state index is 12.1. The van der Waals surface area contributed by atoms with Crippen molar-refractivity contribution in [2.75, 3.05) is 0 Å². The van der Waals surface area contributed by atoms with Gasteiger partial charge in [-0.05, 0) is 34.5 Å². The minimum Gasteiger partial charge on any atom is -0.393 e. The summed E-state index contributed by atoms with van der Waals surface area (Å²) in [6.45, 7) is 1.96. The van der Waals surface area contributed by atoms with Gasteiger partial charge in [-0.25, -0.2) is 0 Å². The van der Waals surface area contributed by atoms with E-state index < -0.39 is 0 Å². The van der Waals surface area contributed by atoms with Crippen molar-refractivity contribution in [1.82, 2.24) is 5.32 Å². The van der Waals surface area contributed by atoms with Crippen molar-refractivity contribution in [3.63, 3.8) is 0 Å². The van der Waals surface area contributed by atoms with E-state index in [9.17, 15) is 4.79 Å². The topological polar surface area (TPSA) is 55.1 Å². The van der Waals surface area contributed by atoms with Crippen molar-refractivity contribution in [3.05, 3.63) is 33.3 Å². The standard InChI is InChI=1S/C12H14BrClN2OS/c1-2-7(6-10(15)18)16-12(17)8-4-3-5-9(13)11(8)14/h3-5,7H,2,6H2,1H3,(H2,15,18)(H,16,17). The van der Waals surface area contributed by atoms with Gasteiger partial charge >= 0.3 is 0 Å². The number of halogens is 2. The summed E-state index contributed by atoms with van der Waals surface area (Å²) >= 11 is 14.2. The molecule has 0 saturated heterocycles. The van der Waals surface area contributed by atoms with Crippen LogP contribution in [-0.4, -0.2) is 16.9 Å². The van der Waals surface area contributed by atoms with Crippen LogP contribution < -0.4 is 11.1 Å². The fraction of sp³-hybridized carbons (Fsp3) is 0.333. The summed E-state index contributed by atoms with van der Waals surface area (Å²) in [7, 11) is 0. The van der Waals surface area contributed by atoms with Gasteiger partial charge in [0.05, 0.1) is 15.6 Å². The Balaban J connectivity index is 2.81. The summed E-state index contributed by atoms with van der Waals surface area (Å²) in [5.41, 5.74) is 5.92. The van der Waals surface area contributed by atoms with Gasteiger partial charge in [-0.15, -0.1) is 0 Å². The molecule has 0 radical (unpaired) electrons. The highest BCUT2D eigenvalue weighted by Gasteiger charge is 2.16. The van der Waals surface area contributed by atoms with E-state index in [1.807, 2.05) is 6.92 Å². The zero-order chi connectivity index (χ0) is 13.7. The predicted molar refractivity (Wildman–Crippen MR) is 82.1 cm³/mol. The number of thiocarbonyl (C=S) groups is 1. The first-order chi connectivity index (χ1) is 8.45. The van der Waals surface area contributed by atoms with Crippen LogP contribution >= 0.6 is 39.7 Å². The Morgan fingerprint density at radius 2 is 2.28 bits per heavy atom. The molecule has 18 heavy (non-hydrogen) atoms. The molecule has 0 spiro atoms. The molecule has 1 unspecified atom stereocenters. The summed E-state index contributed by atoms with van der Waals surface area (Å²) in [5.74, 6) is -0.218. The van der Waals surface area contributed by atoms with Gasteiger partial charge in [-0.2, -0.15) is 0 Å². The Labute approximate surface area is 125 Å². The molecule has 0 heterocycles. The van der Waals surface area contributed by atoms with Crippen molar-refractivity contribution in [2.45, 2.75) is 25.8 Å². The molecular formula is C12H14BrClN2OS. The van der Waals surface area contributed by atoms with E-state index in [2.05, 4.69) is 21.2 Å². The SMILES string of the molecule is CCC(CC(N)=S)NC(=O)c1cccc(Br)c1Cl. The molecule has 0 bridgehead atoms. The van der Waals surface area contributed by atoms with E-state index in [1.54, 1.807) is 18.2 Å². The van der Waals surface area contributed by atoms with E-state index in [-0.39, 0.29) is 11.9 Å². The molecular weight excluding hydrogens is 336 g/mol.